The van der Waals surface area contributed by atoms with E-state index < -0.39 is 0 Å². The van der Waals surface area contributed by atoms with Crippen molar-refractivity contribution in [1.82, 2.24) is 4.57 Å². The number of hydrogen-bond acceptors (Lipinski definition) is 2. The molecular weight excluding hydrogens is 234 g/mol. The first-order valence-electron chi connectivity index (χ1n) is 6.53. The Morgan fingerprint density at radius 1 is 1.37 bits per heavy atom. The van der Waals surface area contributed by atoms with Crippen LogP contribution in [0.15, 0.2) is 30.5 Å². The van der Waals surface area contributed by atoms with Gasteiger partial charge in [-0.15, -0.1) is 0 Å². The molecule has 0 fully saturated rings. The van der Waals surface area contributed by atoms with Crippen LogP contribution in [-0.4, -0.2) is 4.57 Å². The Kier molecular flexibility index (Phi) is 3.91. The van der Waals surface area contributed by atoms with Crippen LogP contribution in [0, 0.1) is 18.3 Å². The minimum Gasteiger partial charge on any atom is -0.380 e. The number of anilines is 1. The number of aromatic nitrogens is 1. The van der Waals surface area contributed by atoms with Gasteiger partial charge in [-0.1, -0.05) is 25.1 Å². The van der Waals surface area contributed by atoms with Gasteiger partial charge < -0.3 is 9.88 Å². The standard InChI is InChI=1S/C16H19N3/c1-4-14-7-5-6-12(2)16(14)18-10-13-8-15(9-17)19(3)11-13/h5-8,11,18H,4,10H2,1-3H3. The number of nitrogens with zero attached hydrogens (tertiary/aromatic N) is 2. The lowest BCUT2D eigenvalue weighted by molar-refractivity contribution is 0.902. The molecule has 1 heterocycles. The van der Waals surface area contributed by atoms with Crippen LogP contribution in [0.4, 0.5) is 5.69 Å². The van der Waals surface area contributed by atoms with Gasteiger partial charge >= 0.3 is 0 Å². The van der Waals surface area contributed by atoms with Crippen molar-refractivity contribution < 1.29 is 0 Å². The summed E-state index contributed by atoms with van der Waals surface area (Å²) >= 11 is 0. The van der Waals surface area contributed by atoms with Crippen molar-refractivity contribution in [2.45, 2.75) is 26.8 Å². The summed E-state index contributed by atoms with van der Waals surface area (Å²) < 4.78 is 1.86. The lowest BCUT2D eigenvalue weighted by atomic mass is 10.1. The molecule has 0 aliphatic heterocycles. The van der Waals surface area contributed by atoms with Crippen LogP contribution >= 0.6 is 0 Å². The van der Waals surface area contributed by atoms with E-state index >= 15 is 0 Å². The normalized spacial score (nSPS) is 10.2. The highest BCUT2D eigenvalue weighted by molar-refractivity contribution is 5.57. The number of rotatable bonds is 4. The molecule has 0 bridgehead atoms. The summed E-state index contributed by atoms with van der Waals surface area (Å²) in [6.45, 7) is 5.02. The summed E-state index contributed by atoms with van der Waals surface area (Å²) in [5.74, 6) is 0. The maximum atomic E-state index is 8.95. The summed E-state index contributed by atoms with van der Waals surface area (Å²) in [6, 6.07) is 10.5. The third-order valence-electron chi connectivity index (χ3n) is 3.39. The molecule has 3 heteroatoms. The van der Waals surface area contributed by atoms with Crippen molar-refractivity contribution in [3.8, 4) is 6.07 Å². The zero-order valence-electron chi connectivity index (χ0n) is 11.7. The van der Waals surface area contributed by atoms with Crippen LogP contribution in [-0.2, 0) is 20.0 Å². The fourth-order valence-electron chi connectivity index (χ4n) is 2.31. The minimum absolute atomic E-state index is 0.692. The quantitative estimate of drug-likeness (QED) is 0.907. The van der Waals surface area contributed by atoms with Crippen molar-refractivity contribution in [1.29, 1.82) is 5.26 Å². The van der Waals surface area contributed by atoms with E-state index in [0.717, 1.165) is 18.5 Å². The van der Waals surface area contributed by atoms with Gasteiger partial charge in [-0.3, -0.25) is 0 Å². The first kappa shape index (κ1) is 13.2. The average Bonchev–Trinajstić information content (AvgIpc) is 2.77. The Morgan fingerprint density at radius 3 is 2.79 bits per heavy atom. The van der Waals surface area contributed by atoms with E-state index in [1.807, 2.05) is 23.9 Å². The zero-order chi connectivity index (χ0) is 13.8. The Bertz CT molecular complexity index is 617. The molecule has 1 aromatic heterocycles. The molecule has 0 atom stereocenters. The van der Waals surface area contributed by atoms with E-state index in [0.29, 0.717) is 5.69 Å². The van der Waals surface area contributed by atoms with Gasteiger partial charge in [-0.2, -0.15) is 5.26 Å². The Labute approximate surface area is 114 Å². The van der Waals surface area contributed by atoms with Gasteiger partial charge in [0.2, 0.25) is 0 Å². The minimum atomic E-state index is 0.692. The molecule has 0 amide bonds. The van der Waals surface area contributed by atoms with E-state index in [2.05, 4.69) is 43.4 Å². The SMILES string of the molecule is CCc1cccc(C)c1NCc1cc(C#N)n(C)c1. The molecular formula is C16H19N3. The van der Waals surface area contributed by atoms with Crippen molar-refractivity contribution in [3.63, 3.8) is 0 Å². The number of benzene rings is 1. The summed E-state index contributed by atoms with van der Waals surface area (Å²) in [6.07, 6.45) is 3.01. The summed E-state index contributed by atoms with van der Waals surface area (Å²) in [4.78, 5) is 0. The zero-order valence-corrected chi connectivity index (χ0v) is 11.7. The number of nitrogens with one attached hydrogen (secondary N) is 1. The van der Waals surface area contributed by atoms with Gasteiger partial charge in [0.15, 0.2) is 0 Å². The second-order valence-corrected chi connectivity index (χ2v) is 4.77. The van der Waals surface area contributed by atoms with E-state index in [-0.39, 0.29) is 0 Å². The summed E-state index contributed by atoms with van der Waals surface area (Å²) in [5.41, 5.74) is 5.63. The Morgan fingerprint density at radius 2 is 2.16 bits per heavy atom. The van der Waals surface area contributed by atoms with Gasteiger partial charge in [0.1, 0.15) is 11.8 Å². The molecule has 3 nitrogen and oxygen atoms in total. The van der Waals surface area contributed by atoms with Gasteiger partial charge in [0.25, 0.3) is 0 Å². The largest absolute Gasteiger partial charge is 0.380 e. The van der Waals surface area contributed by atoms with Crippen LogP contribution in [0.2, 0.25) is 0 Å². The molecule has 2 aromatic rings. The van der Waals surface area contributed by atoms with Gasteiger partial charge in [0.05, 0.1) is 0 Å². The summed E-state index contributed by atoms with van der Waals surface area (Å²) in [5, 5.41) is 12.4. The highest BCUT2D eigenvalue weighted by Crippen LogP contribution is 2.22. The third kappa shape index (κ3) is 2.79. The Hall–Kier alpha value is -2.21. The smallest absolute Gasteiger partial charge is 0.120 e. The maximum Gasteiger partial charge on any atom is 0.120 e. The molecule has 1 N–H and O–H groups in total. The van der Waals surface area contributed by atoms with Crippen LogP contribution < -0.4 is 5.32 Å². The Balaban J connectivity index is 2.17. The van der Waals surface area contributed by atoms with Crippen LogP contribution in [0.1, 0.15) is 29.3 Å². The number of para-hydroxylation sites is 1. The van der Waals surface area contributed by atoms with Crippen molar-refractivity contribution in [3.05, 3.63) is 52.8 Å². The topological polar surface area (TPSA) is 40.8 Å². The lowest BCUT2D eigenvalue weighted by Gasteiger charge is -2.13. The van der Waals surface area contributed by atoms with E-state index in [1.165, 1.54) is 16.8 Å². The number of nitriles is 1. The fourth-order valence-corrected chi connectivity index (χ4v) is 2.31. The highest BCUT2D eigenvalue weighted by Gasteiger charge is 2.06. The first-order chi connectivity index (χ1) is 9.15. The predicted molar refractivity (Wildman–Crippen MR) is 78.0 cm³/mol. The molecule has 98 valence electrons. The number of aryl methyl sites for hydroxylation is 3. The number of hydrogen-bond donors (Lipinski definition) is 1. The predicted octanol–water partition coefficient (Wildman–Crippen LogP) is 3.38. The molecule has 1 aromatic carbocycles. The van der Waals surface area contributed by atoms with Crippen LogP contribution in [0.25, 0.3) is 0 Å². The van der Waals surface area contributed by atoms with Crippen LogP contribution in [0.3, 0.4) is 0 Å². The summed E-state index contributed by atoms with van der Waals surface area (Å²) in [7, 11) is 1.90. The highest BCUT2D eigenvalue weighted by atomic mass is 14.9. The van der Waals surface area contributed by atoms with Crippen LogP contribution in [0.5, 0.6) is 0 Å². The van der Waals surface area contributed by atoms with Gasteiger partial charge in [-0.25, -0.2) is 0 Å². The molecule has 0 aliphatic carbocycles. The monoisotopic (exact) mass is 253 g/mol. The second-order valence-electron chi connectivity index (χ2n) is 4.77. The molecule has 0 spiro atoms. The first-order valence-corrected chi connectivity index (χ1v) is 6.53. The molecule has 0 unspecified atom stereocenters. The van der Waals surface area contributed by atoms with E-state index in [1.54, 1.807) is 0 Å². The maximum absolute atomic E-state index is 8.95. The second kappa shape index (κ2) is 5.62. The molecule has 19 heavy (non-hydrogen) atoms. The van der Waals surface area contributed by atoms with Gasteiger partial charge in [0, 0.05) is 25.5 Å². The van der Waals surface area contributed by atoms with Crippen molar-refractivity contribution >= 4 is 5.69 Å². The van der Waals surface area contributed by atoms with E-state index in [9.17, 15) is 0 Å². The fraction of sp³-hybridized carbons (Fsp3) is 0.312. The van der Waals surface area contributed by atoms with Gasteiger partial charge in [-0.05, 0) is 36.1 Å². The van der Waals surface area contributed by atoms with Crippen molar-refractivity contribution in [2.75, 3.05) is 5.32 Å². The third-order valence-corrected chi connectivity index (χ3v) is 3.39. The molecule has 2 rings (SSSR count). The van der Waals surface area contributed by atoms with Crippen molar-refractivity contribution in [2.24, 2.45) is 7.05 Å². The molecule has 0 aliphatic rings. The average molecular weight is 253 g/mol. The van der Waals surface area contributed by atoms with E-state index in [4.69, 9.17) is 5.26 Å². The lowest BCUT2D eigenvalue weighted by Crippen LogP contribution is -2.03. The molecule has 0 saturated heterocycles. The molecule has 0 saturated carbocycles. The molecule has 0 radical (unpaired) electrons.